The molecule has 2 aromatic heterocycles. The van der Waals surface area contributed by atoms with Crippen LogP contribution in [0.2, 0.25) is 0 Å². The number of H-pyrrole nitrogens is 1. The van der Waals surface area contributed by atoms with Gasteiger partial charge in [-0.05, 0) is 23.7 Å². The van der Waals surface area contributed by atoms with Crippen molar-refractivity contribution in [3.63, 3.8) is 0 Å². The van der Waals surface area contributed by atoms with Crippen LogP contribution in [0.4, 0.5) is 5.95 Å². The highest BCUT2D eigenvalue weighted by molar-refractivity contribution is 8.01. The molecule has 0 atom stereocenters. The number of amides is 1. The second-order valence-corrected chi connectivity index (χ2v) is 6.27. The van der Waals surface area contributed by atoms with Crippen LogP contribution < -0.4 is 5.32 Å². The Hall–Kier alpha value is -2.77. The highest BCUT2D eigenvalue weighted by atomic mass is 32.2. The summed E-state index contributed by atoms with van der Waals surface area (Å²) in [5, 5.41) is 21.7. The van der Waals surface area contributed by atoms with Gasteiger partial charge in [-0.2, -0.15) is 15.3 Å². The summed E-state index contributed by atoms with van der Waals surface area (Å²) in [6.45, 7) is 0. The van der Waals surface area contributed by atoms with Crippen LogP contribution in [0, 0.1) is 11.3 Å². The van der Waals surface area contributed by atoms with Gasteiger partial charge in [-0.25, -0.2) is 5.10 Å². The monoisotopic (exact) mass is 343 g/mol. The summed E-state index contributed by atoms with van der Waals surface area (Å²) in [6, 6.07) is 9.14. The highest BCUT2D eigenvalue weighted by Crippen LogP contribution is 2.32. The molecule has 2 N–H and O–H groups in total. The number of benzene rings is 1. The van der Waals surface area contributed by atoms with E-state index in [1.54, 1.807) is 12.1 Å². The molecule has 1 amide bonds. The maximum Gasteiger partial charge on any atom is 0.237 e. The van der Waals surface area contributed by atoms with Gasteiger partial charge in [0.25, 0.3) is 0 Å². The van der Waals surface area contributed by atoms with Gasteiger partial charge in [-0.1, -0.05) is 16.6 Å². The van der Waals surface area contributed by atoms with Gasteiger partial charge in [0, 0.05) is 5.56 Å². The molecule has 0 aliphatic heterocycles. The van der Waals surface area contributed by atoms with Crippen molar-refractivity contribution >= 4 is 35.1 Å². The van der Waals surface area contributed by atoms with Crippen LogP contribution >= 0.6 is 23.3 Å². The average molecular weight is 343 g/mol. The van der Waals surface area contributed by atoms with Crippen LogP contribution in [-0.4, -0.2) is 36.4 Å². The molecule has 114 valence electrons. The molecule has 0 saturated heterocycles. The molecule has 0 bridgehead atoms. The number of nitriles is 1. The summed E-state index contributed by atoms with van der Waals surface area (Å²) in [5.41, 5.74) is 2.14. The molecule has 0 radical (unpaired) electrons. The number of carbonyl (C=O) groups excluding carboxylic acids is 1. The minimum absolute atomic E-state index is 0.202. The molecule has 1 aromatic carbocycles. The van der Waals surface area contributed by atoms with Crippen molar-refractivity contribution in [1.29, 1.82) is 5.26 Å². The number of thioether (sulfide) groups is 1. The lowest BCUT2D eigenvalue weighted by atomic mass is 10.1. The lowest BCUT2D eigenvalue weighted by Crippen LogP contribution is -2.14. The van der Waals surface area contributed by atoms with Crippen LogP contribution in [0.1, 0.15) is 5.56 Å². The maximum absolute atomic E-state index is 11.8. The van der Waals surface area contributed by atoms with E-state index >= 15 is 0 Å². The number of aromatic nitrogens is 5. The van der Waals surface area contributed by atoms with Crippen molar-refractivity contribution in [2.45, 2.75) is 4.21 Å². The first-order valence-corrected chi connectivity index (χ1v) is 8.13. The molecule has 23 heavy (non-hydrogen) atoms. The minimum atomic E-state index is -0.203. The van der Waals surface area contributed by atoms with E-state index in [1.165, 1.54) is 29.6 Å². The summed E-state index contributed by atoms with van der Waals surface area (Å²) < 4.78 is 4.78. The summed E-state index contributed by atoms with van der Waals surface area (Å²) >= 11 is 2.57. The summed E-state index contributed by atoms with van der Waals surface area (Å²) in [4.78, 5) is 15.7. The van der Waals surface area contributed by atoms with Crippen molar-refractivity contribution in [2.75, 3.05) is 11.1 Å². The predicted octanol–water partition coefficient (Wildman–Crippen LogP) is 1.93. The van der Waals surface area contributed by atoms with Gasteiger partial charge in [-0.15, -0.1) is 16.9 Å². The number of carbonyl (C=O) groups is 1. The molecular formula is C13H9N7OS2. The van der Waals surface area contributed by atoms with E-state index < -0.39 is 0 Å². The molecule has 0 spiro atoms. The van der Waals surface area contributed by atoms with Gasteiger partial charge in [0.15, 0.2) is 0 Å². The first kappa shape index (κ1) is 15.1. The van der Waals surface area contributed by atoms with Gasteiger partial charge >= 0.3 is 0 Å². The van der Waals surface area contributed by atoms with Gasteiger partial charge in [0.2, 0.25) is 11.9 Å². The maximum atomic E-state index is 11.8. The molecular weight excluding hydrogens is 334 g/mol. The van der Waals surface area contributed by atoms with E-state index in [0.29, 0.717) is 17.2 Å². The zero-order valence-electron chi connectivity index (χ0n) is 11.6. The first-order chi connectivity index (χ1) is 11.3. The summed E-state index contributed by atoms with van der Waals surface area (Å²) in [6.07, 6.45) is 1.32. The molecule has 0 aliphatic carbocycles. The van der Waals surface area contributed by atoms with Crippen molar-refractivity contribution in [3.05, 3.63) is 36.2 Å². The first-order valence-electron chi connectivity index (χ1n) is 6.37. The Balaban J connectivity index is 1.66. The number of hydrogen-bond acceptors (Lipinski definition) is 8. The van der Waals surface area contributed by atoms with Crippen LogP contribution in [-0.2, 0) is 4.79 Å². The number of nitrogens with one attached hydrogen (secondary N) is 2. The second-order valence-electron chi connectivity index (χ2n) is 4.27. The molecule has 0 fully saturated rings. The Morgan fingerprint density at radius 2 is 2.22 bits per heavy atom. The second kappa shape index (κ2) is 6.99. The van der Waals surface area contributed by atoms with E-state index in [1.807, 2.05) is 12.1 Å². The Morgan fingerprint density at radius 1 is 1.39 bits per heavy atom. The van der Waals surface area contributed by atoms with Crippen LogP contribution in [0.3, 0.4) is 0 Å². The Labute approximate surface area is 139 Å². The van der Waals surface area contributed by atoms with Crippen LogP contribution in [0.25, 0.3) is 11.3 Å². The Morgan fingerprint density at radius 3 is 2.91 bits per heavy atom. The standard InChI is InChI=1S/C13H9N7OS2/c14-5-8-1-3-9(4-2-8)11-12(23-20-18-11)22-6-10(21)17-13-15-7-16-19-13/h1-4,7H,6H2,(H2,15,16,17,19,21). The van der Waals surface area contributed by atoms with Gasteiger partial charge < -0.3 is 0 Å². The summed E-state index contributed by atoms with van der Waals surface area (Å²) in [7, 11) is 0. The lowest BCUT2D eigenvalue weighted by molar-refractivity contribution is -0.113. The predicted molar refractivity (Wildman–Crippen MR) is 85.8 cm³/mol. The molecule has 3 aromatic rings. The topological polar surface area (TPSA) is 120 Å². The van der Waals surface area contributed by atoms with Crippen molar-refractivity contribution < 1.29 is 4.79 Å². The van der Waals surface area contributed by atoms with Crippen molar-refractivity contribution in [2.24, 2.45) is 0 Å². The van der Waals surface area contributed by atoms with Crippen LogP contribution in [0.5, 0.6) is 0 Å². The highest BCUT2D eigenvalue weighted by Gasteiger charge is 2.13. The number of rotatable bonds is 5. The molecule has 2 heterocycles. The molecule has 0 aliphatic rings. The Bertz CT molecular complexity index is 836. The smallest absolute Gasteiger partial charge is 0.237 e. The normalized spacial score (nSPS) is 10.2. The van der Waals surface area contributed by atoms with E-state index in [-0.39, 0.29) is 11.7 Å². The third-order valence-electron chi connectivity index (χ3n) is 2.75. The van der Waals surface area contributed by atoms with E-state index in [2.05, 4.69) is 36.2 Å². The molecule has 0 saturated carbocycles. The quantitative estimate of drug-likeness (QED) is 0.679. The van der Waals surface area contributed by atoms with E-state index in [9.17, 15) is 4.79 Å². The Kier molecular flexibility index (Phi) is 4.60. The molecule has 10 heteroatoms. The van der Waals surface area contributed by atoms with Gasteiger partial charge in [-0.3, -0.25) is 10.1 Å². The third kappa shape index (κ3) is 3.71. The molecule has 8 nitrogen and oxygen atoms in total. The zero-order chi connectivity index (χ0) is 16.1. The number of hydrogen-bond donors (Lipinski definition) is 2. The largest absolute Gasteiger partial charge is 0.294 e. The average Bonchev–Trinajstić information content (AvgIpc) is 3.24. The van der Waals surface area contributed by atoms with Crippen molar-refractivity contribution in [1.82, 2.24) is 24.8 Å². The fraction of sp³-hybridized carbons (Fsp3) is 0.0769. The van der Waals surface area contributed by atoms with Gasteiger partial charge in [0.05, 0.1) is 17.4 Å². The minimum Gasteiger partial charge on any atom is -0.294 e. The molecule has 3 rings (SSSR count). The van der Waals surface area contributed by atoms with Crippen LogP contribution in [0.15, 0.2) is 34.8 Å². The summed E-state index contributed by atoms with van der Waals surface area (Å²) in [5.74, 6) is 0.310. The fourth-order valence-electron chi connectivity index (χ4n) is 1.72. The van der Waals surface area contributed by atoms with E-state index in [4.69, 9.17) is 5.26 Å². The number of aromatic amines is 1. The number of nitrogens with zero attached hydrogens (tertiary/aromatic N) is 5. The van der Waals surface area contributed by atoms with Crippen molar-refractivity contribution in [3.8, 4) is 17.3 Å². The van der Waals surface area contributed by atoms with Gasteiger partial charge in [0.1, 0.15) is 16.2 Å². The SMILES string of the molecule is N#Cc1ccc(-c2nnsc2SCC(=O)Nc2ncn[nH]2)cc1. The molecule has 0 unspecified atom stereocenters. The van der Waals surface area contributed by atoms with E-state index in [0.717, 1.165) is 9.77 Å². The fourth-order valence-corrected chi connectivity index (χ4v) is 3.28. The lowest BCUT2D eigenvalue weighted by Gasteiger charge is -2.02. The number of anilines is 1. The third-order valence-corrected chi connectivity index (χ3v) is 4.71. The zero-order valence-corrected chi connectivity index (χ0v) is 13.2.